The molecule has 0 atom stereocenters. The summed E-state index contributed by atoms with van der Waals surface area (Å²) in [5.74, 6) is 0. The highest BCUT2D eigenvalue weighted by Crippen LogP contribution is 1.86. The van der Waals surface area contributed by atoms with Crippen molar-refractivity contribution in [3.63, 3.8) is 0 Å². The molecule has 0 heterocycles. The van der Waals surface area contributed by atoms with Crippen LogP contribution in [0.15, 0.2) is 11.8 Å². The lowest BCUT2D eigenvalue weighted by atomic mass is 10.3. The molecule has 0 bridgehead atoms. The second kappa shape index (κ2) is 5.13. The summed E-state index contributed by atoms with van der Waals surface area (Å²) in [5.41, 5.74) is 5.97. The summed E-state index contributed by atoms with van der Waals surface area (Å²) >= 11 is 0. The lowest BCUT2D eigenvalue weighted by molar-refractivity contribution is 0.224. The predicted molar refractivity (Wildman–Crippen MR) is 34.4 cm³/mol. The first kappa shape index (κ1) is 7.99. The van der Waals surface area contributed by atoms with E-state index in [4.69, 9.17) is 15.7 Å². The molecule has 3 nitrogen and oxygen atoms in total. The zero-order chi connectivity index (χ0) is 7.11. The second-order valence-electron chi connectivity index (χ2n) is 1.57. The summed E-state index contributed by atoms with van der Waals surface area (Å²) in [6.45, 7) is 0.404. The molecule has 0 aliphatic rings. The molecule has 0 aliphatic heterocycles. The number of ether oxygens (including phenoxy) is 1. The van der Waals surface area contributed by atoms with Gasteiger partial charge in [-0.1, -0.05) is 0 Å². The van der Waals surface area contributed by atoms with Crippen LogP contribution >= 0.6 is 0 Å². The van der Waals surface area contributed by atoms with Gasteiger partial charge >= 0.3 is 0 Å². The monoisotopic (exact) mass is 126 g/mol. The number of nitriles is 1. The SMILES string of the molecule is COC/C(N)=C/CC#N. The maximum absolute atomic E-state index is 8.09. The average Bonchev–Trinajstić information content (AvgIpc) is 1.85. The standard InChI is InChI=1S/C6H10N2O/c1-9-5-6(8)3-2-4-7/h3H,2,5,8H2,1H3/b6-3-. The molecule has 9 heavy (non-hydrogen) atoms. The van der Waals surface area contributed by atoms with E-state index in [2.05, 4.69) is 0 Å². The fraction of sp³-hybridized carbons (Fsp3) is 0.500. The van der Waals surface area contributed by atoms with E-state index >= 15 is 0 Å². The van der Waals surface area contributed by atoms with Crippen molar-refractivity contribution >= 4 is 0 Å². The third-order valence-electron chi connectivity index (χ3n) is 0.767. The number of hydrogen-bond acceptors (Lipinski definition) is 3. The van der Waals surface area contributed by atoms with E-state index in [0.29, 0.717) is 18.7 Å². The van der Waals surface area contributed by atoms with Gasteiger partial charge in [-0.25, -0.2) is 0 Å². The molecular weight excluding hydrogens is 116 g/mol. The molecule has 0 radical (unpaired) electrons. The zero-order valence-corrected chi connectivity index (χ0v) is 5.42. The van der Waals surface area contributed by atoms with Gasteiger partial charge in [0.25, 0.3) is 0 Å². The van der Waals surface area contributed by atoms with Crippen LogP contribution in [0, 0.1) is 11.3 Å². The quantitative estimate of drug-likeness (QED) is 0.595. The van der Waals surface area contributed by atoms with E-state index in [1.165, 1.54) is 0 Å². The molecular formula is C6H10N2O. The van der Waals surface area contributed by atoms with Crippen LogP contribution in [0.2, 0.25) is 0 Å². The Balaban J connectivity index is 3.45. The van der Waals surface area contributed by atoms with Crippen molar-refractivity contribution < 1.29 is 4.74 Å². The molecule has 0 aromatic rings. The van der Waals surface area contributed by atoms with Crippen LogP contribution in [0.5, 0.6) is 0 Å². The lowest BCUT2D eigenvalue weighted by Gasteiger charge is -1.95. The predicted octanol–water partition coefficient (Wildman–Crippen LogP) is 0.389. The van der Waals surface area contributed by atoms with Crippen molar-refractivity contribution in [2.45, 2.75) is 6.42 Å². The van der Waals surface area contributed by atoms with Gasteiger partial charge in [-0.2, -0.15) is 5.26 Å². The second-order valence-corrected chi connectivity index (χ2v) is 1.57. The third kappa shape index (κ3) is 4.85. The van der Waals surface area contributed by atoms with Gasteiger partial charge in [0.2, 0.25) is 0 Å². The van der Waals surface area contributed by atoms with Gasteiger partial charge in [0.05, 0.1) is 19.1 Å². The highest BCUT2D eigenvalue weighted by atomic mass is 16.5. The first-order valence-electron chi connectivity index (χ1n) is 2.61. The summed E-state index contributed by atoms with van der Waals surface area (Å²) in [4.78, 5) is 0. The van der Waals surface area contributed by atoms with Gasteiger partial charge in [-0.05, 0) is 6.08 Å². The van der Waals surface area contributed by atoms with Crippen LogP contribution in [0.25, 0.3) is 0 Å². The van der Waals surface area contributed by atoms with Crippen molar-refractivity contribution in [1.82, 2.24) is 0 Å². The summed E-state index contributed by atoms with van der Waals surface area (Å²) < 4.78 is 4.70. The Morgan fingerprint density at radius 3 is 3.00 bits per heavy atom. The molecule has 0 amide bonds. The van der Waals surface area contributed by atoms with Gasteiger partial charge in [0.1, 0.15) is 0 Å². The van der Waals surface area contributed by atoms with Gasteiger partial charge in [-0.15, -0.1) is 0 Å². The summed E-state index contributed by atoms with van der Waals surface area (Å²) in [6.07, 6.45) is 2.00. The van der Waals surface area contributed by atoms with Crippen molar-refractivity contribution in [3.05, 3.63) is 11.8 Å². The maximum atomic E-state index is 8.09. The molecule has 0 spiro atoms. The van der Waals surface area contributed by atoms with E-state index in [1.807, 2.05) is 6.07 Å². The summed E-state index contributed by atoms with van der Waals surface area (Å²) in [6, 6.07) is 1.95. The fourth-order valence-electron chi connectivity index (χ4n) is 0.402. The molecule has 0 aromatic carbocycles. The van der Waals surface area contributed by atoms with E-state index < -0.39 is 0 Å². The van der Waals surface area contributed by atoms with Crippen LogP contribution in [0.1, 0.15) is 6.42 Å². The largest absolute Gasteiger partial charge is 0.400 e. The zero-order valence-electron chi connectivity index (χ0n) is 5.42. The highest BCUT2D eigenvalue weighted by Gasteiger charge is 1.84. The highest BCUT2D eigenvalue weighted by molar-refractivity contribution is 5.00. The number of allylic oxidation sites excluding steroid dienone is 1. The van der Waals surface area contributed by atoms with Crippen LogP contribution in [0.4, 0.5) is 0 Å². The van der Waals surface area contributed by atoms with E-state index in [1.54, 1.807) is 13.2 Å². The molecule has 0 saturated heterocycles. The van der Waals surface area contributed by atoms with E-state index in [9.17, 15) is 0 Å². The number of rotatable bonds is 3. The molecule has 3 heteroatoms. The first-order chi connectivity index (χ1) is 4.31. The Bertz CT molecular complexity index is 134. The molecule has 0 saturated carbocycles. The van der Waals surface area contributed by atoms with Crippen LogP contribution < -0.4 is 5.73 Å². The minimum absolute atomic E-state index is 0.356. The molecule has 50 valence electrons. The third-order valence-corrected chi connectivity index (χ3v) is 0.767. The first-order valence-corrected chi connectivity index (χ1v) is 2.61. The van der Waals surface area contributed by atoms with Crippen molar-refractivity contribution in [3.8, 4) is 6.07 Å². The fourth-order valence-corrected chi connectivity index (χ4v) is 0.402. The molecule has 0 aliphatic carbocycles. The lowest BCUT2D eigenvalue weighted by Crippen LogP contribution is -2.03. The Kier molecular flexibility index (Phi) is 4.56. The molecule has 0 rings (SSSR count). The minimum atomic E-state index is 0.356. The van der Waals surface area contributed by atoms with Gasteiger partial charge in [0.15, 0.2) is 0 Å². The Hall–Kier alpha value is -1.01. The molecule has 0 unspecified atom stereocenters. The van der Waals surface area contributed by atoms with Crippen molar-refractivity contribution in [2.75, 3.05) is 13.7 Å². The number of hydrogen-bond donors (Lipinski definition) is 1. The summed E-state index contributed by atoms with van der Waals surface area (Å²) in [7, 11) is 1.56. The normalized spacial score (nSPS) is 10.9. The molecule has 0 aromatic heterocycles. The van der Waals surface area contributed by atoms with Crippen LogP contribution in [0.3, 0.4) is 0 Å². The van der Waals surface area contributed by atoms with Gasteiger partial charge < -0.3 is 10.5 Å². The minimum Gasteiger partial charge on any atom is -0.400 e. The van der Waals surface area contributed by atoms with E-state index in [0.717, 1.165) is 0 Å². The van der Waals surface area contributed by atoms with Gasteiger partial charge in [0, 0.05) is 12.8 Å². The van der Waals surface area contributed by atoms with Crippen LogP contribution in [-0.2, 0) is 4.74 Å². The average molecular weight is 126 g/mol. The molecule has 0 fully saturated rings. The number of nitrogens with two attached hydrogens (primary N) is 1. The number of nitrogens with zero attached hydrogens (tertiary/aromatic N) is 1. The summed E-state index contributed by atoms with van der Waals surface area (Å²) in [5, 5.41) is 8.09. The van der Waals surface area contributed by atoms with Crippen LogP contribution in [-0.4, -0.2) is 13.7 Å². The molecule has 2 N–H and O–H groups in total. The Labute approximate surface area is 54.7 Å². The van der Waals surface area contributed by atoms with E-state index in [-0.39, 0.29) is 0 Å². The van der Waals surface area contributed by atoms with Crippen molar-refractivity contribution in [2.24, 2.45) is 5.73 Å². The Morgan fingerprint density at radius 2 is 2.56 bits per heavy atom. The topological polar surface area (TPSA) is 59.0 Å². The van der Waals surface area contributed by atoms with Crippen molar-refractivity contribution in [1.29, 1.82) is 5.26 Å². The number of methoxy groups -OCH3 is 1. The van der Waals surface area contributed by atoms with Gasteiger partial charge in [-0.3, -0.25) is 0 Å². The Morgan fingerprint density at radius 1 is 1.89 bits per heavy atom. The smallest absolute Gasteiger partial charge is 0.0853 e. The maximum Gasteiger partial charge on any atom is 0.0853 e.